The molecule has 0 aromatic rings. The highest BCUT2D eigenvalue weighted by atomic mass is 16.6. The summed E-state index contributed by atoms with van der Waals surface area (Å²) in [6.45, 7) is 2.34. The first kappa shape index (κ1) is 12.8. The maximum Gasteiger partial charge on any atom is 0.115 e. The van der Waals surface area contributed by atoms with Gasteiger partial charge in [-0.3, -0.25) is 0 Å². The van der Waals surface area contributed by atoms with E-state index in [1.54, 1.807) is 0 Å². The number of hydrogen-bond donors (Lipinski definition) is 5. The monoisotopic (exact) mass is 222 g/mol. The van der Waals surface area contributed by atoms with Crippen molar-refractivity contribution in [1.82, 2.24) is 0 Å². The molecule has 0 bridgehead atoms. The predicted octanol–water partition coefficient (Wildman–Crippen LogP) is -2.40. The normalized spacial score (nSPS) is 43.0. The third-order valence-corrected chi connectivity index (χ3v) is 2.59. The molecule has 0 aliphatic carbocycles. The first-order chi connectivity index (χ1) is 6.79. The van der Waals surface area contributed by atoms with Gasteiger partial charge in [-0.05, 0) is 13.8 Å². The molecule has 90 valence electrons. The smallest absolute Gasteiger partial charge is 0.115 e. The molecule has 1 heterocycles. The molecule has 2 unspecified atom stereocenters. The fraction of sp³-hybridized carbons (Fsp3) is 1.00. The van der Waals surface area contributed by atoms with Gasteiger partial charge in [0.05, 0.1) is 12.2 Å². The highest BCUT2D eigenvalue weighted by Crippen LogP contribution is 2.27. The van der Waals surface area contributed by atoms with Crippen LogP contribution in [0.2, 0.25) is 0 Å². The predicted molar refractivity (Wildman–Crippen MR) is 50.1 cm³/mol. The molecular formula is C9H18O6. The number of aliphatic hydroxyl groups excluding tert-OH is 4. The van der Waals surface area contributed by atoms with Crippen molar-refractivity contribution in [3.63, 3.8) is 0 Å². The van der Waals surface area contributed by atoms with Gasteiger partial charge in [0.25, 0.3) is 0 Å². The summed E-state index contributed by atoms with van der Waals surface area (Å²) < 4.78 is 5.13. The standard InChI is InChI=1S/C9H18O6/c1-9(2,14)8-7(13)6(12)5(11)4(3-10)15-8/h4-8,10-14H,3H2,1-2H3/t4?,5-,6-,7?,8+/m0/s1. The van der Waals surface area contributed by atoms with E-state index in [0.717, 1.165) is 0 Å². The van der Waals surface area contributed by atoms with Gasteiger partial charge in [0.1, 0.15) is 30.5 Å². The first-order valence-electron chi connectivity index (χ1n) is 4.82. The van der Waals surface area contributed by atoms with Crippen LogP contribution in [0.4, 0.5) is 0 Å². The second-order valence-electron chi connectivity index (χ2n) is 4.40. The van der Waals surface area contributed by atoms with Gasteiger partial charge in [0, 0.05) is 0 Å². The Morgan fingerprint density at radius 2 is 1.60 bits per heavy atom. The third-order valence-electron chi connectivity index (χ3n) is 2.59. The van der Waals surface area contributed by atoms with Crippen LogP contribution in [0.15, 0.2) is 0 Å². The van der Waals surface area contributed by atoms with Crippen LogP contribution in [-0.2, 0) is 4.74 Å². The zero-order valence-corrected chi connectivity index (χ0v) is 8.74. The van der Waals surface area contributed by atoms with Crippen molar-refractivity contribution in [2.75, 3.05) is 6.61 Å². The molecule has 6 heteroatoms. The van der Waals surface area contributed by atoms with Crippen molar-refractivity contribution in [2.45, 2.75) is 50.0 Å². The van der Waals surface area contributed by atoms with E-state index in [9.17, 15) is 20.4 Å². The summed E-state index contributed by atoms with van der Waals surface area (Å²) in [6.07, 6.45) is -6.23. The minimum Gasteiger partial charge on any atom is -0.394 e. The fourth-order valence-corrected chi connectivity index (χ4v) is 1.69. The Morgan fingerprint density at radius 1 is 1.07 bits per heavy atom. The molecule has 1 rings (SSSR count). The Morgan fingerprint density at radius 3 is 2.00 bits per heavy atom. The second kappa shape index (κ2) is 4.32. The lowest BCUT2D eigenvalue weighted by Gasteiger charge is -2.44. The van der Waals surface area contributed by atoms with Gasteiger partial charge in [-0.2, -0.15) is 0 Å². The molecule has 0 spiro atoms. The van der Waals surface area contributed by atoms with E-state index >= 15 is 0 Å². The molecule has 1 fully saturated rings. The summed E-state index contributed by atoms with van der Waals surface area (Å²) in [5.74, 6) is 0. The molecule has 1 aliphatic heterocycles. The summed E-state index contributed by atoms with van der Waals surface area (Å²) in [6, 6.07) is 0. The molecule has 5 N–H and O–H groups in total. The largest absolute Gasteiger partial charge is 0.394 e. The molecule has 5 atom stereocenters. The van der Waals surface area contributed by atoms with Gasteiger partial charge in [-0.25, -0.2) is 0 Å². The van der Waals surface area contributed by atoms with E-state index in [2.05, 4.69) is 0 Å². The second-order valence-corrected chi connectivity index (χ2v) is 4.40. The van der Waals surface area contributed by atoms with Gasteiger partial charge in [0.15, 0.2) is 0 Å². The minimum atomic E-state index is -1.44. The van der Waals surface area contributed by atoms with E-state index in [-0.39, 0.29) is 0 Å². The lowest BCUT2D eigenvalue weighted by molar-refractivity contribution is -0.263. The van der Waals surface area contributed by atoms with Crippen LogP contribution in [0.25, 0.3) is 0 Å². The van der Waals surface area contributed by atoms with Crippen LogP contribution in [0.1, 0.15) is 13.8 Å². The molecule has 0 saturated carbocycles. The van der Waals surface area contributed by atoms with E-state index in [1.165, 1.54) is 13.8 Å². The molecule has 0 aromatic heterocycles. The SMILES string of the molecule is CC(C)(O)[C@@H]1OC(CO)[C@H](O)[C@H](O)C1O. The molecule has 0 radical (unpaired) electrons. The lowest BCUT2D eigenvalue weighted by atomic mass is 9.87. The van der Waals surface area contributed by atoms with Crippen molar-refractivity contribution in [3.8, 4) is 0 Å². The van der Waals surface area contributed by atoms with Gasteiger partial charge in [-0.15, -0.1) is 0 Å². The molecule has 1 aliphatic rings. The Hall–Kier alpha value is -0.240. The fourth-order valence-electron chi connectivity index (χ4n) is 1.69. The number of ether oxygens (including phenoxy) is 1. The van der Waals surface area contributed by atoms with Gasteiger partial charge >= 0.3 is 0 Å². The summed E-state index contributed by atoms with van der Waals surface area (Å²) in [5.41, 5.74) is -1.37. The zero-order valence-electron chi connectivity index (χ0n) is 8.74. The van der Waals surface area contributed by atoms with Gasteiger partial charge in [0.2, 0.25) is 0 Å². The topological polar surface area (TPSA) is 110 Å². The van der Waals surface area contributed by atoms with Gasteiger partial charge in [-0.1, -0.05) is 0 Å². The quantitative estimate of drug-likeness (QED) is 0.356. The van der Waals surface area contributed by atoms with Crippen LogP contribution >= 0.6 is 0 Å². The number of rotatable bonds is 2. The van der Waals surface area contributed by atoms with Crippen LogP contribution < -0.4 is 0 Å². The number of aliphatic hydroxyl groups is 5. The highest BCUT2D eigenvalue weighted by molar-refractivity contribution is 4.97. The summed E-state index contributed by atoms with van der Waals surface area (Å²) >= 11 is 0. The van der Waals surface area contributed by atoms with E-state index < -0.39 is 42.7 Å². The molecule has 0 amide bonds. The van der Waals surface area contributed by atoms with Crippen LogP contribution in [0, 0.1) is 0 Å². The van der Waals surface area contributed by atoms with Crippen LogP contribution in [0.5, 0.6) is 0 Å². The van der Waals surface area contributed by atoms with Gasteiger partial charge < -0.3 is 30.3 Å². The zero-order chi connectivity index (χ0) is 11.8. The highest BCUT2D eigenvalue weighted by Gasteiger charge is 2.48. The van der Waals surface area contributed by atoms with Crippen LogP contribution in [-0.4, -0.2) is 68.3 Å². The van der Waals surface area contributed by atoms with Crippen molar-refractivity contribution >= 4 is 0 Å². The average Bonchev–Trinajstić information content (AvgIpc) is 2.13. The third kappa shape index (κ3) is 2.47. The van der Waals surface area contributed by atoms with Crippen LogP contribution in [0.3, 0.4) is 0 Å². The number of hydrogen-bond acceptors (Lipinski definition) is 6. The average molecular weight is 222 g/mol. The summed E-state index contributed by atoms with van der Waals surface area (Å²) in [4.78, 5) is 0. The summed E-state index contributed by atoms with van der Waals surface area (Å²) in [7, 11) is 0. The van der Waals surface area contributed by atoms with E-state index in [0.29, 0.717) is 0 Å². The van der Waals surface area contributed by atoms with Crippen molar-refractivity contribution in [3.05, 3.63) is 0 Å². The Balaban J connectivity index is 2.83. The molecule has 0 aromatic carbocycles. The molecule has 1 saturated heterocycles. The maximum absolute atomic E-state index is 9.67. The maximum atomic E-state index is 9.67. The summed E-state index contributed by atoms with van der Waals surface area (Å²) in [5, 5.41) is 47.0. The van der Waals surface area contributed by atoms with Crippen molar-refractivity contribution < 1.29 is 30.3 Å². The van der Waals surface area contributed by atoms with Crippen molar-refractivity contribution in [2.24, 2.45) is 0 Å². The van der Waals surface area contributed by atoms with Crippen molar-refractivity contribution in [1.29, 1.82) is 0 Å². The Kier molecular flexibility index (Phi) is 3.70. The molecule has 6 nitrogen and oxygen atoms in total. The molecule has 15 heavy (non-hydrogen) atoms. The lowest BCUT2D eigenvalue weighted by Crippen LogP contribution is -2.63. The Labute approximate surface area is 87.7 Å². The van der Waals surface area contributed by atoms with E-state index in [1.807, 2.05) is 0 Å². The first-order valence-corrected chi connectivity index (χ1v) is 4.82. The van der Waals surface area contributed by atoms with E-state index in [4.69, 9.17) is 9.84 Å². The molecular weight excluding hydrogens is 204 g/mol. The Bertz CT molecular complexity index is 211. The minimum absolute atomic E-state index is 0.489.